The van der Waals surface area contributed by atoms with Crippen LogP contribution in [0.3, 0.4) is 0 Å². The van der Waals surface area contributed by atoms with Crippen LogP contribution in [-0.2, 0) is 10.3 Å². The minimum atomic E-state index is -0.0863. The van der Waals surface area contributed by atoms with Gasteiger partial charge < -0.3 is 15.0 Å². The summed E-state index contributed by atoms with van der Waals surface area (Å²) in [4.78, 5) is 8.84. The van der Waals surface area contributed by atoms with Crippen molar-refractivity contribution >= 4 is 11.0 Å². The van der Waals surface area contributed by atoms with E-state index >= 15 is 0 Å². The number of rotatable bonds is 5. The van der Waals surface area contributed by atoms with Crippen molar-refractivity contribution in [1.82, 2.24) is 14.5 Å². The Morgan fingerprint density at radius 1 is 1.40 bits per heavy atom. The van der Waals surface area contributed by atoms with Gasteiger partial charge in [-0.3, -0.25) is 4.98 Å². The first kappa shape index (κ1) is 14.9. The molecule has 0 aliphatic heterocycles. The highest BCUT2D eigenvalue weighted by molar-refractivity contribution is 5.75. The molecule has 0 saturated carbocycles. The molecule has 2 aromatic heterocycles. The van der Waals surface area contributed by atoms with Gasteiger partial charge in [0.15, 0.2) is 0 Å². The van der Waals surface area contributed by atoms with E-state index < -0.39 is 0 Å². The van der Waals surface area contributed by atoms with Gasteiger partial charge >= 0.3 is 0 Å². The van der Waals surface area contributed by atoms with Gasteiger partial charge in [-0.15, -0.1) is 0 Å². The monoisotopic (exact) mass is 276 g/mol. The van der Waals surface area contributed by atoms with Gasteiger partial charge in [-0.05, 0) is 39.7 Å². The second kappa shape index (κ2) is 5.89. The van der Waals surface area contributed by atoms with Crippen molar-refractivity contribution in [2.24, 2.45) is 5.73 Å². The number of pyridine rings is 1. The van der Waals surface area contributed by atoms with Gasteiger partial charge in [0.2, 0.25) is 0 Å². The van der Waals surface area contributed by atoms with Gasteiger partial charge in [0.1, 0.15) is 11.3 Å². The van der Waals surface area contributed by atoms with Crippen molar-refractivity contribution < 1.29 is 4.74 Å². The van der Waals surface area contributed by atoms with Crippen LogP contribution >= 0.6 is 0 Å². The fourth-order valence-corrected chi connectivity index (χ4v) is 2.48. The van der Waals surface area contributed by atoms with E-state index in [-0.39, 0.29) is 11.6 Å². The lowest BCUT2D eigenvalue weighted by atomic mass is 10.1. The minimum absolute atomic E-state index is 0.0652. The van der Waals surface area contributed by atoms with E-state index in [9.17, 15) is 0 Å². The molecule has 110 valence electrons. The van der Waals surface area contributed by atoms with E-state index in [1.54, 1.807) is 19.5 Å². The molecular weight excluding hydrogens is 252 g/mol. The summed E-state index contributed by atoms with van der Waals surface area (Å²) < 4.78 is 7.32. The quantitative estimate of drug-likeness (QED) is 0.852. The molecule has 0 saturated heterocycles. The molecule has 1 atom stereocenters. The number of fused-ring (bicyclic) bond motifs is 1. The van der Waals surface area contributed by atoms with Crippen molar-refractivity contribution in [3.63, 3.8) is 0 Å². The second-order valence-electron chi connectivity index (χ2n) is 6.08. The molecule has 0 amide bonds. The normalized spacial score (nSPS) is 13.8. The lowest BCUT2D eigenvalue weighted by Crippen LogP contribution is -2.28. The van der Waals surface area contributed by atoms with Crippen LogP contribution in [0.1, 0.15) is 45.5 Å². The molecule has 0 aliphatic rings. The largest absolute Gasteiger partial charge is 0.385 e. The predicted molar refractivity (Wildman–Crippen MR) is 80.6 cm³/mol. The summed E-state index contributed by atoms with van der Waals surface area (Å²) in [6.45, 7) is 7.23. The Bertz CT molecular complexity index is 571. The number of methoxy groups -OCH3 is 1. The Morgan fingerprint density at radius 3 is 2.80 bits per heavy atom. The lowest BCUT2D eigenvalue weighted by molar-refractivity contribution is 0.190. The molecule has 20 heavy (non-hydrogen) atoms. The lowest BCUT2D eigenvalue weighted by Gasteiger charge is -2.26. The van der Waals surface area contributed by atoms with E-state index in [0.717, 1.165) is 36.3 Å². The number of imidazole rings is 1. The van der Waals surface area contributed by atoms with E-state index in [4.69, 9.17) is 15.5 Å². The van der Waals surface area contributed by atoms with Crippen LogP contribution in [0.5, 0.6) is 0 Å². The van der Waals surface area contributed by atoms with Gasteiger partial charge in [-0.1, -0.05) is 0 Å². The van der Waals surface area contributed by atoms with E-state index in [1.807, 2.05) is 6.07 Å². The minimum Gasteiger partial charge on any atom is -0.385 e. The SMILES string of the molecule is COCCCC(N)c1nc2cnccc2n1C(C)(C)C. The number of nitrogens with two attached hydrogens (primary N) is 1. The molecule has 1 unspecified atom stereocenters. The van der Waals surface area contributed by atoms with E-state index in [2.05, 4.69) is 30.3 Å². The molecule has 0 aromatic carbocycles. The van der Waals surface area contributed by atoms with E-state index in [1.165, 1.54) is 0 Å². The summed E-state index contributed by atoms with van der Waals surface area (Å²) in [5.74, 6) is 0.927. The molecule has 5 heteroatoms. The van der Waals surface area contributed by atoms with Crippen molar-refractivity contribution in [2.45, 2.75) is 45.2 Å². The van der Waals surface area contributed by atoms with Crippen LogP contribution in [0.4, 0.5) is 0 Å². The summed E-state index contributed by atoms with van der Waals surface area (Å²) in [5, 5.41) is 0. The molecule has 5 nitrogen and oxygen atoms in total. The van der Waals surface area contributed by atoms with Crippen LogP contribution in [0.2, 0.25) is 0 Å². The summed E-state index contributed by atoms with van der Waals surface area (Å²) >= 11 is 0. The maximum atomic E-state index is 6.34. The van der Waals surface area contributed by atoms with Crippen LogP contribution in [-0.4, -0.2) is 28.3 Å². The fraction of sp³-hybridized carbons (Fsp3) is 0.600. The molecule has 0 aliphatic carbocycles. The van der Waals surface area contributed by atoms with Crippen molar-refractivity contribution in [3.8, 4) is 0 Å². The Labute approximate surface area is 120 Å². The smallest absolute Gasteiger partial charge is 0.127 e. The first-order valence-corrected chi connectivity index (χ1v) is 7.02. The fourth-order valence-electron chi connectivity index (χ4n) is 2.48. The van der Waals surface area contributed by atoms with Gasteiger partial charge in [0.05, 0.1) is 17.8 Å². The molecule has 2 rings (SSSR count). The number of hydrogen-bond donors (Lipinski definition) is 1. The zero-order chi connectivity index (χ0) is 14.8. The Kier molecular flexibility index (Phi) is 4.40. The standard InChI is InChI=1S/C15H24N4O/c1-15(2,3)19-13-7-8-17-10-12(13)18-14(19)11(16)6-5-9-20-4/h7-8,10-11H,5-6,9,16H2,1-4H3. The van der Waals surface area contributed by atoms with Gasteiger partial charge in [0.25, 0.3) is 0 Å². The number of aromatic nitrogens is 3. The van der Waals surface area contributed by atoms with Crippen LogP contribution < -0.4 is 5.73 Å². The summed E-state index contributed by atoms with van der Waals surface area (Å²) in [6, 6.07) is 1.91. The Morgan fingerprint density at radius 2 is 2.15 bits per heavy atom. The molecule has 0 fully saturated rings. The number of nitrogens with zero attached hydrogens (tertiary/aromatic N) is 3. The zero-order valence-electron chi connectivity index (χ0n) is 12.8. The third-order valence-corrected chi connectivity index (χ3v) is 3.35. The number of hydrogen-bond acceptors (Lipinski definition) is 4. The maximum absolute atomic E-state index is 6.34. The van der Waals surface area contributed by atoms with Gasteiger partial charge in [-0.2, -0.15) is 0 Å². The summed E-state index contributed by atoms with van der Waals surface area (Å²) in [5.41, 5.74) is 8.26. The second-order valence-corrected chi connectivity index (χ2v) is 6.08. The van der Waals surface area contributed by atoms with Crippen molar-refractivity contribution in [1.29, 1.82) is 0 Å². The Balaban J connectivity index is 2.41. The highest BCUT2D eigenvalue weighted by Crippen LogP contribution is 2.28. The van der Waals surface area contributed by atoms with Crippen LogP contribution in [0, 0.1) is 0 Å². The van der Waals surface area contributed by atoms with Gasteiger partial charge in [0, 0.05) is 25.5 Å². The van der Waals surface area contributed by atoms with Crippen molar-refractivity contribution in [2.75, 3.05) is 13.7 Å². The average molecular weight is 276 g/mol. The zero-order valence-corrected chi connectivity index (χ0v) is 12.8. The molecule has 2 N–H and O–H groups in total. The summed E-state index contributed by atoms with van der Waals surface area (Å²) in [6.07, 6.45) is 5.39. The van der Waals surface area contributed by atoms with Crippen molar-refractivity contribution in [3.05, 3.63) is 24.3 Å². The molecule has 2 aromatic rings. The predicted octanol–water partition coefficient (Wildman–Crippen LogP) is 2.61. The third-order valence-electron chi connectivity index (χ3n) is 3.35. The molecule has 0 spiro atoms. The van der Waals surface area contributed by atoms with Gasteiger partial charge in [-0.25, -0.2) is 4.98 Å². The summed E-state index contributed by atoms with van der Waals surface area (Å²) in [7, 11) is 1.71. The highest BCUT2D eigenvalue weighted by Gasteiger charge is 2.24. The average Bonchev–Trinajstić information content (AvgIpc) is 2.78. The maximum Gasteiger partial charge on any atom is 0.127 e. The van der Waals surface area contributed by atoms with Crippen LogP contribution in [0.15, 0.2) is 18.5 Å². The van der Waals surface area contributed by atoms with Crippen LogP contribution in [0.25, 0.3) is 11.0 Å². The highest BCUT2D eigenvalue weighted by atomic mass is 16.5. The first-order chi connectivity index (χ1) is 9.45. The molecular formula is C15H24N4O. The number of ether oxygens (including phenoxy) is 1. The topological polar surface area (TPSA) is 66.0 Å². The first-order valence-electron chi connectivity index (χ1n) is 7.02. The van der Waals surface area contributed by atoms with E-state index in [0.29, 0.717) is 0 Å². The molecule has 0 radical (unpaired) electrons. The third kappa shape index (κ3) is 2.99. The Hall–Kier alpha value is -1.46. The molecule has 0 bridgehead atoms. The molecule has 2 heterocycles.